The van der Waals surface area contributed by atoms with E-state index in [0.717, 1.165) is 17.0 Å². The van der Waals surface area contributed by atoms with Gasteiger partial charge in [0.05, 0.1) is 10.6 Å². The molecule has 11 heteroatoms. The molecule has 1 aliphatic rings. The van der Waals surface area contributed by atoms with Gasteiger partial charge in [-0.1, -0.05) is 24.9 Å². The summed E-state index contributed by atoms with van der Waals surface area (Å²) in [5.74, 6) is -3.12. The molecule has 0 atom stereocenters. The molecular weight excluding hydrogens is 391 g/mol. The van der Waals surface area contributed by atoms with E-state index in [1.807, 2.05) is 6.92 Å². The summed E-state index contributed by atoms with van der Waals surface area (Å²) in [7, 11) is 0. The first kappa shape index (κ1) is 20.7. The zero-order valence-corrected chi connectivity index (χ0v) is 14.9. The lowest BCUT2D eigenvalue weighted by Gasteiger charge is -2.15. The van der Waals surface area contributed by atoms with Gasteiger partial charge in [0.2, 0.25) is 5.91 Å². The summed E-state index contributed by atoms with van der Waals surface area (Å²) in [5.41, 5.74) is -1.36. The van der Waals surface area contributed by atoms with E-state index < -0.39 is 47.1 Å². The minimum atomic E-state index is -4.72. The minimum absolute atomic E-state index is 0.0458. The van der Waals surface area contributed by atoms with E-state index in [1.165, 1.54) is 0 Å². The van der Waals surface area contributed by atoms with E-state index in [0.29, 0.717) is 23.8 Å². The second kappa shape index (κ2) is 7.95. The van der Waals surface area contributed by atoms with Gasteiger partial charge in [-0.2, -0.15) is 13.2 Å². The standard InChI is InChI=1S/C16H15ClF3N3O4/c1-2-3-6-22-13(25)14(26)23(15(22)27)8-12(24)21-9-4-5-11(17)10(7-9)16(18,19)20/h4-5,7H,2-3,6,8H2,1H3,(H,21,24). The Hall–Kier alpha value is -2.62. The number of unbranched alkanes of at least 4 members (excludes halogenated alkanes) is 1. The van der Waals surface area contributed by atoms with E-state index in [9.17, 15) is 32.3 Å². The van der Waals surface area contributed by atoms with Crippen LogP contribution in [0.5, 0.6) is 0 Å². The van der Waals surface area contributed by atoms with Crippen molar-refractivity contribution in [1.29, 1.82) is 0 Å². The number of rotatable bonds is 6. The molecule has 7 nitrogen and oxygen atoms in total. The molecule has 1 aromatic carbocycles. The van der Waals surface area contributed by atoms with Crippen LogP contribution in [0.4, 0.5) is 23.7 Å². The number of amides is 5. The van der Waals surface area contributed by atoms with Crippen molar-refractivity contribution in [3.05, 3.63) is 28.8 Å². The van der Waals surface area contributed by atoms with Crippen LogP contribution in [0.1, 0.15) is 25.3 Å². The van der Waals surface area contributed by atoms with E-state index >= 15 is 0 Å². The molecule has 1 aromatic rings. The van der Waals surface area contributed by atoms with Gasteiger partial charge in [-0.25, -0.2) is 9.69 Å². The summed E-state index contributed by atoms with van der Waals surface area (Å²) in [6, 6.07) is 1.80. The number of urea groups is 1. The van der Waals surface area contributed by atoms with Crippen molar-refractivity contribution in [2.75, 3.05) is 18.4 Å². The number of alkyl halides is 3. The molecule has 1 saturated heterocycles. The highest BCUT2D eigenvalue weighted by Crippen LogP contribution is 2.36. The van der Waals surface area contributed by atoms with Gasteiger partial charge in [0.15, 0.2) is 0 Å². The number of carbonyl (C=O) groups excluding carboxylic acids is 4. The molecule has 1 aliphatic heterocycles. The predicted molar refractivity (Wildman–Crippen MR) is 88.8 cm³/mol. The van der Waals surface area contributed by atoms with Gasteiger partial charge in [-0.15, -0.1) is 0 Å². The molecule has 0 unspecified atom stereocenters. The fourth-order valence-electron chi connectivity index (χ4n) is 2.37. The van der Waals surface area contributed by atoms with Crippen LogP contribution in [0.15, 0.2) is 18.2 Å². The van der Waals surface area contributed by atoms with Gasteiger partial charge in [0.25, 0.3) is 0 Å². The van der Waals surface area contributed by atoms with Crippen LogP contribution < -0.4 is 5.32 Å². The van der Waals surface area contributed by atoms with Gasteiger partial charge >= 0.3 is 24.0 Å². The van der Waals surface area contributed by atoms with E-state index in [2.05, 4.69) is 5.32 Å². The molecule has 2 rings (SSSR count). The molecule has 5 amide bonds. The van der Waals surface area contributed by atoms with Crippen LogP contribution >= 0.6 is 11.6 Å². The number of imide groups is 2. The maximum atomic E-state index is 12.8. The summed E-state index contributed by atoms with van der Waals surface area (Å²) < 4.78 is 38.5. The van der Waals surface area contributed by atoms with Crippen molar-refractivity contribution in [3.63, 3.8) is 0 Å². The number of halogens is 4. The highest BCUT2D eigenvalue weighted by molar-refractivity contribution is 6.45. The van der Waals surface area contributed by atoms with E-state index in [1.54, 1.807) is 0 Å². The normalized spacial score (nSPS) is 14.9. The molecule has 1 heterocycles. The zero-order chi connectivity index (χ0) is 20.4. The first-order valence-electron chi connectivity index (χ1n) is 7.90. The van der Waals surface area contributed by atoms with Crippen LogP contribution in [0.2, 0.25) is 5.02 Å². The van der Waals surface area contributed by atoms with Crippen LogP contribution in [0, 0.1) is 0 Å². The van der Waals surface area contributed by atoms with Gasteiger partial charge in [0, 0.05) is 12.2 Å². The summed E-state index contributed by atoms with van der Waals surface area (Å²) in [4.78, 5) is 49.0. The molecule has 0 radical (unpaired) electrons. The lowest BCUT2D eigenvalue weighted by Crippen LogP contribution is -2.39. The van der Waals surface area contributed by atoms with Crippen molar-refractivity contribution in [2.45, 2.75) is 25.9 Å². The monoisotopic (exact) mass is 405 g/mol. The van der Waals surface area contributed by atoms with E-state index in [4.69, 9.17) is 11.6 Å². The molecule has 0 saturated carbocycles. The number of benzene rings is 1. The number of nitrogens with zero attached hydrogens (tertiary/aromatic N) is 2. The maximum absolute atomic E-state index is 12.8. The van der Waals surface area contributed by atoms with Crippen molar-refractivity contribution in [1.82, 2.24) is 9.80 Å². The van der Waals surface area contributed by atoms with Gasteiger partial charge in [-0.05, 0) is 24.6 Å². The topological polar surface area (TPSA) is 86.8 Å². The van der Waals surface area contributed by atoms with Crippen molar-refractivity contribution < 1.29 is 32.3 Å². The molecule has 0 aromatic heterocycles. The Labute approximate surface area is 157 Å². The largest absolute Gasteiger partial charge is 0.417 e. The first-order valence-corrected chi connectivity index (χ1v) is 8.28. The fraction of sp³-hybridized carbons (Fsp3) is 0.375. The van der Waals surface area contributed by atoms with Gasteiger partial charge < -0.3 is 5.32 Å². The maximum Gasteiger partial charge on any atom is 0.417 e. The summed E-state index contributed by atoms with van der Waals surface area (Å²) in [6.45, 7) is 1.08. The molecule has 146 valence electrons. The predicted octanol–water partition coefficient (Wildman–Crippen LogP) is 2.89. The number of hydrogen-bond donors (Lipinski definition) is 1. The number of nitrogens with one attached hydrogen (secondary N) is 1. The number of anilines is 1. The number of hydrogen-bond acceptors (Lipinski definition) is 4. The van der Waals surface area contributed by atoms with Crippen LogP contribution in [-0.2, 0) is 20.6 Å². The quantitative estimate of drug-likeness (QED) is 0.582. The number of carbonyl (C=O) groups is 4. The third-order valence-electron chi connectivity index (χ3n) is 3.73. The smallest absolute Gasteiger partial charge is 0.325 e. The molecule has 0 spiro atoms. The Morgan fingerprint density at radius 2 is 1.78 bits per heavy atom. The summed E-state index contributed by atoms with van der Waals surface area (Å²) in [6.07, 6.45) is -3.54. The molecule has 1 fully saturated rings. The van der Waals surface area contributed by atoms with Gasteiger partial charge in [-0.3, -0.25) is 19.3 Å². The van der Waals surface area contributed by atoms with Gasteiger partial charge in [0.1, 0.15) is 6.54 Å². The summed E-state index contributed by atoms with van der Waals surface area (Å²) >= 11 is 5.49. The second-order valence-corrected chi connectivity index (χ2v) is 6.13. The molecular formula is C16H15ClF3N3O4. The summed E-state index contributed by atoms with van der Waals surface area (Å²) in [5, 5.41) is 1.61. The first-order chi connectivity index (χ1) is 12.6. The lowest BCUT2D eigenvalue weighted by molar-refractivity contribution is -0.143. The Bertz CT molecular complexity index is 798. The van der Waals surface area contributed by atoms with Crippen molar-refractivity contribution in [2.24, 2.45) is 0 Å². The Balaban J connectivity index is 2.09. The van der Waals surface area contributed by atoms with Crippen molar-refractivity contribution in [3.8, 4) is 0 Å². The molecule has 1 N–H and O–H groups in total. The van der Waals surface area contributed by atoms with Crippen LogP contribution in [-0.4, -0.2) is 46.6 Å². The van der Waals surface area contributed by atoms with Crippen molar-refractivity contribution >= 4 is 41.0 Å². The lowest BCUT2D eigenvalue weighted by atomic mass is 10.2. The molecule has 0 bridgehead atoms. The second-order valence-electron chi connectivity index (χ2n) is 5.72. The Kier molecular flexibility index (Phi) is 6.09. The average molecular weight is 406 g/mol. The fourth-order valence-corrected chi connectivity index (χ4v) is 2.59. The van der Waals surface area contributed by atoms with Crippen LogP contribution in [0.3, 0.4) is 0 Å². The molecule has 0 aliphatic carbocycles. The third-order valence-corrected chi connectivity index (χ3v) is 4.06. The highest BCUT2D eigenvalue weighted by Gasteiger charge is 2.44. The average Bonchev–Trinajstić information content (AvgIpc) is 2.77. The Morgan fingerprint density at radius 1 is 1.15 bits per heavy atom. The zero-order valence-electron chi connectivity index (χ0n) is 14.1. The Morgan fingerprint density at radius 3 is 2.37 bits per heavy atom. The highest BCUT2D eigenvalue weighted by atomic mass is 35.5. The van der Waals surface area contributed by atoms with E-state index in [-0.39, 0.29) is 12.2 Å². The minimum Gasteiger partial charge on any atom is -0.325 e. The SMILES string of the molecule is CCCCN1C(=O)C(=O)N(CC(=O)Nc2ccc(Cl)c(C(F)(F)F)c2)C1=O. The third kappa shape index (κ3) is 4.57. The molecule has 27 heavy (non-hydrogen) atoms. The van der Waals surface area contributed by atoms with Crippen LogP contribution in [0.25, 0.3) is 0 Å².